The predicted octanol–water partition coefficient (Wildman–Crippen LogP) is 4.23. The molecule has 176 valence electrons. The number of nitrogens with zero attached hydrogens (tertiary/aromatic N) is 2. The van der Waals surface area contributed by atoms with Gasteiger partial charge in [0.1, 0.15) is 6.61 Å². The standard InChI is InChI=1S/C27H23N3O5/c1-15(31)35-14-13-34-12-11-30-19-10-6-4-8-17(19)21-23-22(26(32)29(2)27(23)33)20-16-7-3-5-9-18(16)28-24(20)25(21)30/h3-10,28H,11-14H2,1-2H3. The van der Waals surface area contributed by atoms with E-state index in [4.69, 9.17) is 9.47 Å². The molecule has 8 nitrogen and oxygen atoms in total. The quantitative estimate of drug-likeness (QED) is 0.228. The number of amides is 2. The third-order valence-corrected chi connectivity index (χ3v) is 6.69. The topological polar surface area (TPSA) is 93.6 Å². The van der Waals surface area contributed by atoms with E-state index >= 15 is 0 Å². The molecule has 8 heteroatoms. The zero-order valence-corrected chi connectivity index (χ0v) is 19.4. The molecule has 3 aromatic carbocycles. The van der Waals surface area contributed by atoms with E-state index in [0.717, 1.165) is 43.6 Å². The molecule has 1 aliphatic heterocycles. The summed E-state index contributed by atoms with van der Waals surface area (Å²) >= 11 is 0. The maximum atomic E-state index is 13.4. The molecule has 2 aromatic heterocycles. The van der Waals surface area contributed by atoms with Crippen molar-refractivity contribution in [3.63, 3.8) is 0 Å². The molecule has 0 saturated carbocycles. The smallest absolute Gasteiger partial charge is 0.302 e. The number of imide groups is 1. The molecular formula is C27H23N3O5. The van der Waals surface area contributed by atoms with Gasteiger partial charge in [0.05, 0.1) is 35.4 Å². The van der Waals surface area contributed by atoms with Crippen LogP contribution in [0.15, 0.2) is 48.5 Å². The number of carbonyl (C=O) groups excluding carboxylic acids is 3. The number of rotatable bonds is 6. The lowest BCUT2D eigenvalue weighted by Crippen LogP contribution is -2.24. The van der Waals surface area contributed by atoms with E-state index in [1.54, 1.807) is 0 Å². The van der Waals surface area contributed by atoms with E-state index in [0.29, 0.717) is 30.9 Å². The van der Waals surface area contributed by atoms with Gasteiger partial charge in [-0.25, -0.2) is 0 Å². The van der Waals surface area contributed by atoms with Gasteiger partial charge in [0, 0.05) is 53.1 Å². The van der Waals surface area contributed by atoms with Crippen LogP contribution in [-0.4, -0.2) is 59.1 Å². The number of aromatic nitrogens is 2. The summed E-state index contributed by atoms with van der Waals surface area (Å²) in [7, 11) is 1.54. The highest BCUT2D eigenvalue weighted by Gasteiger charge is 2.39. The Labute approximate surface area is 200 Å². The summed E-state index contributed by atoms with van der Waals surface area (Å²) in [6, 6.07) is 15.7. The van der Waals surface area contributed by atoms with E-state index < -0.39 is 0 Å². The number of hydrogen-bond donors (Lipinski definition) is 1. The minimum Gasteiger partial charge on any atom is -0.463 e. The summed E-state index contributed by atoms with van der Waals surface area (Å²) in [5.74, 6) is -0.912. The Kier molecular flexibility index (Phi) is 4.86. The molecule has 3 heterocycles. The molecule has 6 rings (SSSR count). The molecule has 0 fully saturated rings. The van der Waals surface area contributed by atoms with Gasteiger partial charge in [-0.1, -0.05) is 36.4 Å². The first-order valence-corrected chi connectivity index (χ1v) is 11.5. The van der Waals surface area contributed by atoms with Crippen LogP contribution in [0.5, 0.6) is 0 Å². The third-order valence-electron chi connectivity index (χ3n) is 6.69. The van der Waals surface area contributed by atoms with Gasteiger partial charge in [0.15, 0.2) is 0 Å². The largest absolute Gasteiger partial charge is 0.463 e. The van der Waals surface area contributed by atoms with Crippen LogP contribution < -0.4 is 0 Å². The predicted molar refractivity (Wildman–Crippen MR) is 133 cm³/mol. The van der Waals surface area contributed by atoms with Gasteiger partial charge < -0.3 is 19.0 Å². The van der Waals surface area contributed by atoms with Crippen molar-refractivity contribution in [3.05, 3.63) is 59.7 Å². The zero-order valence-electron chi connectivity index (χ0n) is 19.4. The number of hydrogen-bond acceptors (Lipinski definition) is 5. The van der Waals surface area contributed by atoms with Gasteiger partial charge in [0.25, 0.3) is 11.8 Å². The molecule has 0 spiro atoms. The lowest BCUT2D eigenvalue weighted by molar-refractivity contribution is -0.142. The summed E-state index contributed by atoms with van der Waals surface area (Å²) in [6.45, 7) is 2.77. The molecular weight excluding hydrogens is 446 g/mol. The van der Waals surface area contributed by atoms with Crippen LogP contribution in [0.1, 0.15) is 27.6 Å². The Bertz CT molecular complexity index is 1690. The summed E-state index contributed by atoms with van der Waals surface area (Å²) < 4.78 is 12.8. The van der Waals surface area contributed by atoms with E-state index in [-0.39, 0.29) is 24.4 Å². The summed E-state index contributed by atoms with van der Waals surface area (Å²) in [5, 5.41) is 3.37. The SMILES string of the molecule is CC(=O)OCCOCCn1c2ccccc2c2c3c(c4c5ccccc5[nH]c4c21)C(=O)N(C)C3=O. The average Bonchev–Trinajstić information content (AvgIpc) is 3.46. The van der Waals surface area contributed by atoms with Crippen molar-refractivity contribution >= 4 is 61.4 Å². The fourth-order valence-corrected chi connectivity index (χ4v) is 5.24. The number of para-hydroxylation sites is 2. The highest BCUT2D eigenvalue weighted by molar-refractivity contribution is 6.39. The third kappa shape index (κ3) is 3.06. The first kappa shape index (κ1) is 21.4. The number of ether oxygens (including phenoxy) is 2. The van der Waals surface area contributed by atoms with Gasteiger partial charge in [-0.15, -0.1) is 0 Å². The zero-order chi connectivity index (χ0) is 24.3. The molecule has 2 amide bonds. The van der Waals surface area contributed by atoms with E-state index in [1.807, 2.05) is 48.5 Å². The van der Waals surface area contributed by atoms with Crippen molar-refractivity contribution in [1.29, 1.82) is 0 Å². The second-order valence-electron chi connectivity index (χ2n) is 8.68. The molecule has 1 aliphatic rings. The number of H-pyrrole nitrogens is 1. The minimum absolute atomic E-state index is 0.200. The van der Waals surface area contributed by atoms with Crippen LogP contribution in [-0.2, 0) is 20.8 Å². The molecule has 0 unspecified atom stereocenters. The fourth-order valence-electron chi connectivity index (χ4n) is 5.24. The second kappa shape index (κ2) is 7.95. The number of aromatic amines is 1. The summed E-state index contributed by atoms with van der Waals surface area (Å²) in [5.41, 5.74) is 4.47. The van der Waals surface area contributed by atoms with Gasteiger partial charge >= 0.3 is 5.97 Å². The monoisotopic (exact) mass is 469 g/mol. The molecule has 0 bridgehead atoms. The molecule has 1 N–H and O–H groups in total. The lowest BCUT2D eigenvalue weighted by atomic mass is 9.97. The second-order valence-corrected chi connectivity index (χ2v) is 8.68. The Balaban J connectivity index is 1.62. The highest BCUT2D eigenvalue weighted by atomic mass is 16.6. The molecule has 0 radical (unpaired) electrons. The average molecular weight is 469 g/mol. The summed E-state index contributed by atoms with van der Waals surface area (Å²) in [6.07, 6.45) is 0. The number of nitrogens with one attached hydrogen (secondary N) is 1. The van der Waals surface area contributed by atoms with Gasteiger partial charge in [0.2, 0.25) is 0 Å². The summed E-state index contributed by atoms with van der Waals surface area (Å²) in [4.78, 5) is 42.4. The van der Waals surface area contributed by atoms with Crippen LogP contribution in [0.25, 0.3) is 43.6 Å². The van der Waals surface area contributed by atoms with Gasteiger partial charge in [-0.3, -0.25) is 19.3 Å². The van der Waals surface area contributed by atoms with Gasteiger partial charge in [-0.2, -0.15) is 0 Å². The first-order valence-electron chi connectivity index (χ1n) is 11.5. The first-order chi connectivity index (χ1) is 17.0. The molecule has 0 aliphatic carbocycles. The van der Waals surface area contributed by atoms with Crippen LogP contribution in [0, 0.1) is 0 Å². The Morgan fingerprint density at radius 2 is 1.57 bits per heavy atom. The molecule has 5 aromatic rings. The fraction of sp³-hybridized carbons (Fsp3) is 0.222. The number of fused-ring (bicyclic) bond motifs is 10. The Morgan fingerprint density at radius 1 is 0.886 bits per heavy atom. The van der Waals surface area contributed by atoms with Crippen LogP contribution in [0.3, 0.4) is 0 Å². The molecule has 35 heavy (non-hydrogen) atoms. The Morgan fingerprint density at radius 3 is 2.34 bits per heavy atom. The van der Waals surface area contributed by atoms with Crippen molar-refractivity contribution < 1.29 is 23.9 Å². The van der Waals surface area contributed by atoms with Crippen LogP contribution in [0.4, 0.5) is 0 Å². The van der Waals surface area contributed by atoms with Crippen molar-refractivity contribution in [1.82, 2.24) is 14.5 Å². The van der Waals surface area contributed by atoms with Gasteiger partial charge in [-0.05, 0) is 12.1 Å². The van der Waals surface area contributed by atoms with E-state index in [9.17, 15) is 14.4 Å². The van der Waals surface area contributed by atoms with Crippen molar-refractivity contribution in [2.45, 2.75) is 13.5 Å². The van der Waals surface area contributed by atoms with Crippen molar-refractivity contribution in [2.24, 2.45) is 0 Å². The maximum absolute atomic E-state index is 13.4. The minimum atomic E-state index is -0.338. The number of benzene rings is 3. The van der Waals surface area contributed by atoms with Crippen molar-refractivity contribution in [3.8, 4) is 0 Å². The Hall–Kier alpha value is -4.17. The lowest BCUT2D eigenvalue weighted by Gasteiger charge is -2.10. The molecule has 0 saturated heterocycles. The van der Waals surface area contributed by atoms with Crippen LogP contribution in [0.2, 0.25) is 0 Å². The normalized spacial score (nSPS) is 13.6. The van der Waals surface area contributed by atoms with E-state index in [1.165, 1.54) is 18.9 Å². The van der Waals surface area contributed by atoms with Crippen molar-refractivity contribution in [2.75, 3.05) is 26.9 Å². The molecule has 0 atom stereocenters. The number of carbonyl (C=O) groups is 3. The maximum Gasteiger partial charge on any atom is 0.302 e. The van der Waals surface area contributed by atoms with Crippen LogP contribution >= 0.6 is 0 Å². The highest BCUT2D eigenvalue weighted by Crippen LogP contribution is 2.44. The number of esters is 1. The van der Waals surface area contributed by atoms with E-state index in [2.05, 4.69) is 9.55 Å².